The first kappa shape index (κ1) is 15.7. The topological polar surface area (TPSA) is 6.48 Å². The number of nitrogens with zero attached hydrogens (tertiary/aromatic N) is 2. The molecule has 0 N–H and O–H groups in total. The average molecular weight is 363 g/mol. The predicted octanol–water partition coefficient (Wildman–Crippen LogP) is 3.91. The molecule has 0 aromatic heterocycles. The molecule has 0 saturated carbocycles. The molecule has 1 heterocycles. The summed E-state index contributed by atoms with van der Waals surface area (Å²) in [4.78, 5) is 4.87. The SMILES string of the molecule is Fc1cccc(CN2CCN(Cc3ccccc3Br)CC2)c1. The highest BCUT2D eigenvalue weighted by Crippen LogP contribution is 2.19. The molecule has 0 amide bonds. The van der Waals surface area contributed by atoms with Crippen LogP contribution >= 0.6 is 15.9 Å². The molecule has 1 aliphatic heterocycles. The summed E-state index contributed by atoms with van der Waals surface area (Å²) in [6.45, 7) is 5.98. The monoisotopic (exact) mass is 362 g/mol. The van der Waals surface area contributed by atoms with E-state index < -0.39 is 0 Å². The lowest BCUT2D eigenvalue weighted by Gasteiger charge is -2.34. The number of benzene rings is 2. The second kappa shape index (κ2) is 7.36. The van der Waals surface area contributed by atoms with Crippen LogP contribution in [0.25, 0.3) is 0 Å². The van der Waals surface area contributed by atoms with Crippen molar-refractivity contribution in [3.05, 3.63) is 69.9 Å². The predicted molar refractivity (Wildman–Crippen MR) is 91.1 cm³/mol. The maximum Gasteiger partial charge on any atom is 0.123 e. The van der Waals surface area contributed by atoms with Gasteiger partial charge in [-0.25, -0.2) is 4.39 Å². The Labute approximate surface area is 139 Å². The van der Waals surface area contributed by atoms with Gasteiger partial charge in [-0.1, -0.05) is 46.3 Å². The summed E-state index contributed by atoms with van der Waals surface area (Å²) in [6.07, 6.45) is 0. The maximum atomic E-state index is 13.2. The van der Waals surface area contributed by atoms with Gasteiger partial charge in [0, 0.05) is 43.7 Å². The van der Waals surface area contributed by atoms with E-state index in [4.69, 9.17) is 0 Å². The summed E-state index contributed by atoms with van der Waals surface area (Å²) < 4.78 is 14.4. The molecule has 2 aromatic rings. The molecule has 4 heteroatoms. The van der Waals surface area contributed by atoms with Gasteiger partial charge in [-0.3, -0.25) is 9.80 Å². The molecule has 116 valence electrons. The minimum Gasteiger partial charge on any atom is -0.297 e. The van der Waals surface area contributed by atoms with Gasteiger partial charge in [-0.2, -0.15) is 0 Å². The fourth-order valence-electron chi connectivity index (χ4n) is 2.87. The smallest absolute Gasteiger partial charge is 0.123 e. The molecule has 1 saturated heterocycles. The number of rotatable bonds is 4. The summed E-state index contributed by atoms with van der Waals surface area (Å²) in [5.74, 6) is -0.148. The summed E-state index contributed by atoms with van der Waals surface area (Å²) in [5.41, 5.74) is 2.39. The molecule has 0 aliphatic carbocycles. The highest BCUT2D eigenvalue weighted by molar-refractivity contribution is 9.10. The van der Waals surface area contributed by atoms with E-state index in [1.54, 1.807) is 12.1 Å². The molecule has 2 aromatic carbocycles. The fourth-order valence-corrected chi connectivity index (χ4v) is 3.28. The van der Waals surface area contributed by atoms with Gasteiger partial charge in [0.15, 0.2) is 0 Å². The molecular formula is C18H20BrFN2. The van der Waals surface area contributed by atoms with Crippen molar-refractivity contribution >= 4 is 15.9 Å². The third-order valence-corrected chi connectivity index (χ3v) is 4.89. The van der Waals surface area contributed by atoms with Crippen LogP contribution in [0, 0.1) is 5.82 Å². The number of hydrogen-bond acceptors (Lipinski definition) is 2. The van der Waals surface area contributed by atoms with Gasteiger partial charge in [0.05, 0.1) is 0 Å². The number of halogens is 2. The minimum absolute atomic E-state index is 0.148. The van der Waals surface area contributed by atoms with Gasteiger partial charge >= 0.3 is 0 Å². The van der Waals surface area contributed by atoms with E-state index in [1.165, 1.54) is 16.1 Å². The van der Waals surface area contributed by atoms with E-state index in [9.17, 15) is 4.39 Å². The molecule has 2 nitrogen and oxygen atoms in total. The molecule has 0 bridgehead atoms. The Bertz CT molecular complexity index is 624. The molecule has 1 aliphatic rings. The van der Waals surface area contributed by atoms with Gasteiger partial charge in [-0.15, -0.1) is 0 Å². The van der Waals surface area contributed by atoms with Crippen molar-refractivity contribution in [1.82, 2.24) is 9.80 Å². The van der Waals surface area contributed by atoms with Crippen molar-refractivity contribution in [2.45, 2.75) is 13.1 Å². The van der Waals surface area contributed by atoms with E-state index in [-0.39, 0.29) is 5.82 Å². The van der Waals surface area contributed by atoms with Crippen molar-refractivity contribution < 1.29 is 4.39 Å². The lowest BCUT2D eigenvalue weighted by atomic mass is 10.1. The zero-order valence-electron chi connectivity index (χ0n) is 12.5. The zero-order valence-corrected chi connectivity index (χ0v) is 14.1. The first-order chi connectivity index (χ1) is 10.7. The van der Waals surface area contributed by atoms with Gasteiger partial charge in [-0.05, 0) is 29.3 Å². The molecule has 3 rings (SSSR count). The summed E-state index contributed by atoms with van der Waals surface area (Å²) >= 11 is 3.61. The molecule has 1 fully saturated rings. The van der Waals surface area contributed by atoms with Crippen molar-refractivity contribution in [3.8, 4) is 0 Å². The van der Waals surface area contributed by atoms with Gasteiger partial charge in [0.2, 0.25) is 0 Å². The maximum absolute atomic E-state index is 13.2. The standard InChI is InChI=1S/C18H20BrFN2/c19-18-7-2-1-5-16(18)14-22-10-8-21(9-11-22)13-15-4-3-6-17(20)12-15/h1-7,12H,8-11,13-14H2. The van der Waals surface area contributed by atoms with Crippen LogP contribution in [0.1, 0.15) is 11.1 Å². The van der Waals surface area contributed by atoms with Crippen molar-refractivity contribution in [1.29, 1.82) is 0 Å². The Hall–Kier alpha value is -1.23. The second-order valence-electron chi connectivity index (χ2n) is 5.77. The lowest BCUT2D eigenvalue weighted by molar-refractivity contribution is 0.122. The molecule has 22 heavy (non-hydrogen) atoms. The molecule has 0 spiro atoms. The molecule has 0 atom stereocenters. The van der Waals surface area contributed by atoms with Crippen molar-refractivity contribution in [3.63, 3.8) is 0 Å². The van der Waals surface area contributed by atoms with Crippen LogP contribution < -0.4 is 0 Å². The van der Waals surface area contributed by atoms with E-state index in [1.807, 2.05) is 12.1 Å². The lowest BCUT2D eigenvalue weighted by Crippen LogP contribution is -2.45. The van der Waals surface area contributed by atoms with E-state index in [0.717, 1.165) is 44.8 Å². The number of piperazine rings is 1. The fraction of sp³-hybridized carbons (Fsp3) is 0.333. The van der Waals surface area contributed by atoms with Crippen LogP contribution in [-0.2, 0) is 13.1 Å². The first-order valence-corrected chi connectivity index (χ1v) is 8.42. The van der Waals surface area contributed by atoms with Gasteiger partial charge < -0.3 is 0 Å². The quantitative estimate of drug-likeness (QED) is 0.813. The first-order valence-electron chi connectivity index (χ1n) is 7.63. The third-order valence-electron chi connectivity index (χ3n) is 4.11. The summed E-state index contributed by atoms with van der Waals surface area (Å²) in [6, 6.07) is 15.3. The normalized spacial score (nSPS) is 16.8. The largest absolute Gasteiger partial charge is 0.297 e. The van der Waals surface area contributed by atoms with Crippen LogP contribution in [0.3, 0.4) is 0 Å². The minimum atomic E-state index is -0.148. The molecule has 0 radical (unpaired) electrons. The van der Waals surface area contributed by atoms with Gasteiger partial charge in [0.1, 0.15) is 5.82 Å². The Balaban J connectivity index is 1.51. The molecule has 0 unspecified atom stereocenters. The number of hydrogen-bond donors (Lipinski definition) is 0. The Morgan fingerprint density at radius 3 is 2.23 bits per heavy atom. The highest BCUT2D eigenvalue weighted by Gasteiger charge is 2.17. The van der Waals surface area contributed by atoms with Crippen LogP contribution in [-0.4, -0.2) is 36.0 Å². The van der Waals surface area contributed by atoms with Gasteiger partial charge in [0.25, 0.3) is 0 Å². The average Bonchev–Trinajstić information content (AvgIpc) is 2.52. The van der Waals surface area contributed by atoms with Crippen LogP contribution in [0.15, 0.2) is 53.0 Å². The van der Waals surface area contributed by atoms with Crippen LogP contribution in [0.4, 0.5) is 4.39 Å². The second-order valence-corrected chi connectivity index (χ2v) is 6.63. The Morgan fingerprint density at radius 2 is 1.55 bits per heavy atom. The highest BCUT2D eigenvalue weighted by atomic mass is 79.9. The van der Waals surface area contributed by atoms with Crippen LogP contribution in [0.5, 0.6) is 0 Å². The Morgan fingerprint density at radius 1 is 0.864 bits per heavy atom. The van der Waals surface area contributed by atoms with E-state index in [0.29, 0.717) is 0 Å². The van der Waals surface area contributed by atoms with Crippen LogP contribution in [0.2, 0.25) is 0 Å². The van der Waals surface area contributed by atoms with Crippen molar-refractivity contribution in [2.75, 3.05) is 26.2 Å². The Kier molecular flexibility index (Phi) is 5.24. The zero-order chi connectivity index (χ0) is 15.4. The van der Waals surface area contributed by atoms with E-state index in [2.05, 4.69) is 43.9 Å². The summed E-state index contributed by atoms with van der Waals surface area (Å²) in [7, 11) is 0. The molecular weight excluding hydrogens is 343 g/mol. The summed E-state index contributed by atoms with van der Waals surface area (Å²) in [5, 5.41) is 0. The van der Waals surface area contributed by atoms with E-state index >= 15 is 0 Å². The van der Waals surface area contributed by atoms with Crippen molar-refractivity contribution in [2.24, 2.45) is 0 Å². The third kappa shape index (κ3) is 4.15.